The minimum Gasteiger partial charge on any atom is -0.335 e. The van der Waals surface area contributed by atoms with Crippen LogP contribution in [0.1, 0.15) is 15.4 Å². The molecule has 0 aliphatic carbocycles. The van der Waals surface area contributed by atoms with Crippen LogP contribution in [-0.4, -0.2) is 34.3 Å². The van der Waals surface area contributed by atoms with Crippen LogP contribution in [0.3, 0.4) is 0 Å². The summed E-state index contributed by atoms with van der Waals surface area (Å²) >= 11 is 8.45. The number of halogens is 1. The summed E-state index contributed by atoms with van der Waals surface area (Å²) in [6.45, 7) is 0.532. The Morgan fingerprint density at radius 3 is 2.58 bits per heavy atom. The van der Waals surface area contributed by atoms with Crippen LogP contribution in [0, 0.1) is 0 Å². The summed E-state index contributed by atoms with van der Waals surface area (Å²) in [5.41, 5.74) is 1.07. The van der Waals surface area contributed by atoms with Crippen molar-refractivity contribution in [3.63, 3.8) is 0 Å². The molecular weight excluding hydrogens is 302 g/mol. The highest BCUT2D eigenvalue weighted by atomic mass is 35.5. The fraction of sp³-hybridized carbons (Fsp3) is 0.250. The van der Waals surface area contributed by atoms with E-state index >= 15 is 0 Å². The van der Waals surface area contributed by atoms with Gasteiger partial charge in [-0.25, -0.2) is 0 Å². The largest absolute Gasteiger partial charge is 0.335 e. The molecule has 2 rings (SSSR count). The zero-order valence-corrected chi connectivity index (χ0v) is 12.8. The minimum atomic E-state index is -0.168. The second kappa shape index (κ2) is 6.36. The molecule has 0 aliphatic rings. The van der Waals surface area contributed by atoms with Crippen LogP contribution in [0.2, 0.25) is 4.47 Å². The molecule has 0 bridgehead atoms. The van der Waals surface area contributed by atoms with Crippen molar-refractivity contribution >= 4 is 40.6 Å². The summed E-state index contributed by atoms with van der Waals surface area (Å²) in [7, 11) is 1.74. The van der Waals surface area contributed by atoms with Crippen LogP contribution in [0.15, 0.2) is 29.2 Å². The van der Waals surface area contributed by atoms with Crippen molar-refractivity contribution < 1.29 is 4.79 Å². The Hall–Kier alpha value is -1.11. The molecule has 0 spiro atoms. The van der Waals surface area contributed by atoms with E-state index in [-0.39, 0.29) is 10.4 Å². The van der Waals surface area contributed by atoms with Gasteiger partial charge in [-0.05, 0) is 35.6 Å². The molecule has 0 aliphatic heterocycles. The van der Waals surface area contributed by atoms with Crippen molar-refractivity contribution in [2.75, 3.05) is 13.3 Å². The van der Waals surface area contributed by atoms with Gasteiger partial charge < -0.3 is 4.90 Å². The Morgan fingerprint density at radius 2 is 2.05 bits per heavy atom. The molecule has 4 nitrogen and oxygen atoms in total. The number of thioether (sulfide) groups is 1. The molecule has 0 N–H and O–H groups in total. The number of carbonyl (C=O) groups is 1. The van der Waals surface area contributed by atoms with Gasteiger partial charge in [0.2, 0.25) is 9.47 Å². The summed E-state index contributed by atoms with van der Waals surface area (Å²) in [4.78, 5) is 14.9. The van der Waals surface area contributed by atoms with E-state index < -0.39 is 0 Å². The number of aromatic nitrogens is 2. The zero-order valence-electron chi connectivity index (χ0n) is 10.5. The molecule has 1 heterocycles. The average Bonchev–Trinajstić information content (AvgIpc) is 2.85. The molecule has 0 fully saturated rings. The zero-order chi connectivity index (χ0) is 13.8. The summed E-state index contributed by atoms with van der Waals surface area (Å²) < 4.78 is 0.279. The van der Waals surface area contributed by atoms with Crippen molar-refractivity contribution in [2.45, 2.75) is 11.4 Å². The van der Waals surface area contributed by atoms with Gasteiger partial charge in [-0.2, -0.15) is 0 Å². The molecule has 19 heavy (non-hydrogen) atoms. The van der Waals surface area contributed by atoms with E-state index in [4.69, 9.17) is 11.6 Å². The average molecular weight is 314 g/mol. The molecule has 0 saturated carbocycles. The Labute approximate surface area is 124 Å². The normalized spacial score (nSPS) is 10.5. The highest BCUT2D eigenvalue weighted by Gasteiger charge is 2.16. The molecule has 0 saturated heterocycles. The van der Waals surface area contributed by atoms with Crippen LogP contribution in [0.25, 0.3) is 0 Å². The number of benzene rings is 1. The van der Waals surface area contributed by atoms with Gasteiger partial charge in [0.1, 0.15) is 0 Å². The van der Waals surface area contributed by atoms with E-state index in [0.717, 1.165) is 16.9 Å². The van der Waals surface area contributed by atoms with Crippen LogP contribution in [0.5, 0.6) is 0 Å². The number of rotatable bonds is 4. The second-order valence-electron chi connectivity index (χ2n) is 3.87. The molecule has 0 unspecified atom stereocenters. The highest BCUT2D eigenvalue weighted by molar-refractivity contribution is 7.98. The molecular formula is C12H12ClN3OS2. The van der Waals surface area contributed by atoms with Crippen molar-refractivity contribution in [1.82, 2.24) is 15.1 Å². The number of carbonyl (C=O) groups excluding carboxylic acids is 1. The first kappa shape index (κ1) is 14.3. The molecule has 0 atom stereocenters. The van der Waals surface area contributed by atoms with E-state index in [2.05, 4.69) is 10.2 Å². The number of hydrogen-bond acceptors (Lipinski definition) is 5. The lowest BCUT2D eigenvalue weighted by atomic mass is 10.2. The maximum atomic E-state index is 12.1. The molecule has 1 amide bonds. The van der Waals surface area contributed by atoms with E-state index in [1.165, 1.54) is 4.90 Å². The Balaban J connectivity index is 2.03. The smallest absolute Gasteiger partial charge is 0.284 e. The van der Waals surface area contributed by atoms with Crippen molar-refractivity contribution in [2.24, 2.45) is 0 Å². The van der Waals surface area contributed by atoms with Crippen LogP contribution in [-0.2, 0) is 6.54 Å². The number of hydrogen-bond donors (Lipinski definition) is 0. The van der Waals surface area contributed by atoms with Gasteiger partial charge in [0, 0.05) is 18.5 Å². The molecule has 100 valence electrons. The summed E-state index contributed by atoms with van der Waals surface area (Å²) in [6.07, 6.45) is 2.03. The minimum absolute atomic E-state index is 0.168. The van der Waals surface area contributed by atoms with Crippen LogP contribution >= 0.6 is 34.7 Å². The number of amides is 1. The number of nitrogens with zero attached hydrogens (tertiary/aromatic N) is 3. The van der Waals surface area contributed by atoms with Gasteiger partial charge in [0.05, 0.1) is 0 Å². The molecule has 7 heteroatoms. The molecule has 1 aromatic carbocycles. The Bertz CT molecular complexity index is 571. The third-order valence-electron chi connectivity index (χ3n) is 2.51. The summed E-state index contributed by atoms with van der Waals surface area (Å²) in [5.74, 6) is -0.168. The molecule has 2 aromatic rings. The maximum absolute atomic E-state index is 12.1. The van der Waals surface area contributed by atoms with E-state index in [9.17, 15) is 4.79 Å². The molecule has 0 radical (unpaired) electrons. The Morgan fingerprint density at radius 1 is 1.37 bits per heavy atom. The van der Waals surface area contributed by atoms with Crippen molar-refractivity contribution in [3.8, 4) is 0 Å². The van der Waals surface area contributed by atoms with Crippen molar-refractivity contribution in [3.05, 3.63) is 39.3 Å². The van der Waals surface area contributed by atoms with Crippen molar-refractivity contribution in [1.29, 1.82) is 0 Å². The lowest BCUT2D eigenvalue weighted by Gasteiger charge is -2.15. The second-order valence-corrected chi connectivity index (χ2v) is 6.31. The fourth-order valence-electron chi connectivity index (χ4n) is 1.53. The van der Waals surface area contributed by atoms with Gasteiger partial charge in [-0.1, -0.05) is 23.5 Å². The van der Waals surface area contributed by atoms with Gasteiger partial charge in [-0.15, -0.1) is 22.0 Å². The lowest BCUT2D eigenvalue weighted by Crippen LogP contribution is -2.26. The quantitative estimate of drug-likeness (QED) is 0.813. The van der Waals surface area contributed by atoms with Gasteiger partial charge in [0.15, 0.2) is 0 Å². The third kappa shape index (κ3) is 3.68. The predicted molar refractivity (Wildman–Crippen MR) is 78.9 cm³/mol. The van der Waals surface area contributed by atoms with E-state index in [0.29, 0.717) is 11.6 Å². The van der Waals surface area contributed by atoms with Crippen LogP contribution < -0.4 is 0 Å². The standard InChI is InChI=1S/C12H12ClN3OS2/c1-16(11(17)10-14-15-12(13)19-10)7-8-3-5-9(18-2)6-4-8/h3-6H,7H2,1-2H3. The first-order valence-corrected chi connectivity index (χ1v) is 7.89. The predicted octanol–water partition coefficient (Wildman–Crippen LogP) is 3.19. The SMILES string of the molecule is CSc1ccc(CN(C)C(=O)c2nnc(Cl)s2)cc1. The summed E-state index contributed by atoms with van der Waals surface area (Å²) in [6, 6.07) is 8.12. The van der Waals surface area contributed by atoms with E-state index in [1.54, 1.807) is 23.7 Å². The monoisotopic (exact) mass is 313 g/mol. The fourth-order valence-corrected chi connectivity index (χ4v) is 2.76. The third-order valence-corrected chi connectivity index (χ3v) is 4.26. The molecule has 1 aromatic heterocycles. The Kier molecular flexibility index (Phi) is 4.79. The van der Waals surface area contributed by atoms with Gasteiger partial charge >= 0.3 is 0 Å². The topological polar surface area (TPSA) is 46.1 Å². The maximum Gasteiger partial charge on any atom is 0.284 e. The summed E-state index contributed by atoms with van der Waals surface area (Å²) in [5, 5.41) is 7.69. The highest BCUT2D eigenvalue weighted by Crippen LogP contribution is 2.18. The first-order chi connectivity index (χ1) is 9.10. The van der Waals surface area contributed by atoms with Gasteiger partial charge in [0.25, 0.3) is 5.91 Å². The van der Waals surface area contributed by atoms with Crippen LogP contribution in [0.4, 0.5) is 0 Å². The lowest BCUT2D eigenvalue weighted by molar-refractivity contribution is 0.0784. The first-order valence-electron chi connectivity index (χ1n) is 5.47. The van der Waals surface area contributed by atoms with E-state index in [1.807, 2.05) is 30.5 Å². The van der Waals surface area contributed by atoms with Gasteiger partial charge in [-0.3, -0.25) is 4.79 Å².